The van der Waals surface area contributed by atoms with Crippen LogP contribution in [0.1, 0.15) is 13.3 Å². The molecule has 0 aromatic carbocycles. The lowest BCUT2D eigenvalue weighted by molar-refractivity contribution is -0.120. The first kappa shape index (κ1) is 7.10. The highest BCUT2D eigenvalue weighted by atomic mass is 16.1. The summed E-state index contributed by atoms with van der Waals surface area (Å²) in [5, 5.41) is 3.29. The number of fused-ring (bicyclic) bond motifs is 1. The van der Waals surface area contributed by atoms with Gasteiger partial charge in [0.15, 0.2) is 0 Å². The molecule has 0 aromatic heterocycles. The Morgan fingerprint density at radius 2 is 2.55 bits per heavy atom. The van der Waals surface area contributed by atoms with Crippen LogP contribution in [0.15, 0.2) is 0 Å². The van der Waals surface area contributed by atoms with Gasteiger partial charge in [0.05, 0.1) is 0 Å². The van der Waals surface area contributed by atoms with Gasteiger partial charge in [-0.05, 0) is 24.3 Å². The van der Waals surface area contributed by atoms with Gasteiger partial charge in [-0.25, -0.2) is 0 Å². The number of nitrogens with two attached hydrogens (primary N) is 1. The molecule has 0 spiro atoms. The van der Waals surface area contributed by atoms with Crippen LogP contribution in [0.3, 0.4) is 0 Å². The summed E-state index contributed by atoms with van der Waals surface area (Å²) in [4.78, 5) is 10.9. The van der Waals surface area contributed by atoms with E-state index in [1.807, 2.05) is 0 Å². The largest absolute Gasteiger partial charge is 0.369 e. The quantitative estimate of drug-likeness (QED) is 0.574. The molecule has 1 saturated carbocycles. The SMILES string of the molecule is CCC12CNCC1C2C(N)=O. The third kappa shape index (κ3) is 0.692. The van der Waals surface area contributed by atoms with Crippen LogP contribution in [0.2, 0.25) is 0 Å². The fourth-order valence-electron chi connectivity index (χ4n) is 2.69. The zero-order valence-corrected chi connectivity index (χ0v) is 6.76. The molecular weight excluding hydrogens is 140 g/mol. The van der Waals surface area contributed by atoms with Crippen LogP contribution in [-0.2, 0) is 4.79 Å². The molecule has 3 atom stereocenters. The van der Waals surface area contributed by atoms with Crippen molar-refractivity contribution in [2.24, 2.45) is 23.0 Å². The molecule has 0 radical (unpaired) electrons. The summed E-state index contributed by atoms with van der Waals surface area (Å²) in [6.45, 7) is 4.12. The number of rotatable bonds is 2. The van der Waals surface area contributed by atoms with Gasteiger partial charge in [0.25, 0.3) is 0 Å². The fraction of sp³-hybridized carbons (Fsp3) is 0.875. The molecule has 11 heavy (non-hydrogen) atoms. The van der Waals surface area contributed by atoms with Gasteiger partial charge in [0.1, 0.15) is 0 Å². The lowest BCUT2D eigenvalue weighted by Crippen LogP contribution is -2.27. The Balaban J connectivity index is 2.15. The van der Waals surface area contributed by atoms with E-state index in [4.69, 9.17) is 5.73 Å². The molecule has 3 unspecified atom stereocenters. The Bertz CT molecular complexity index is 204. The minimum Gasteiger partial charge on any atom is -0.369 e. The van der Waals surface area contributed by atoms with Crippen molar-refractivity contribution in [1.82, 2.24) is 5.32 Å². The Labute approximate surface area is 66.3 Å². The first-order chi connectivity index (χ1) is 5.22. The Morgan fingerprint density at radius 3 is 2.91 bits per heavy atom. The van der Waals surface area contributed by atoms with Crippen molar-refractivity contribution in [3.63, 3.8) is 0 Å². The lowest BCUT2D eigenvalue weighted by Gasteiger charge is -2.09. The molecular formula is C8H14N2O. The van der Waals surface area contributed by atoms with Crippen LogP contribution in [0.25, 0.3) is 0 Å². The van der Waals surface area contributed by atoms with Crippen molar-refractivity contribution in [3.05, 3.63) is 0 Å². The molecule has 1 heterocycles. The minimum atomic E-state index is -0.0987. The highest BCUT2D eigenvalue weighted by Gasteiger charge is 2.68. The van der Waals surface area contributed by atoms with Gasteiger partial charge in [-0.2, -0.15) is 0 Å². The number of nitrogens with one attached hydrogen (secondary N) is 1. The van der Waals surface area contributed by atoms with Crippen LogP contribution < -0.4 is 11.1 Å². The maximum Gasteiger partial charge on any atom is 0.221 e. The standard InChI is InChI=1S/C8H14N2O/c1-2-8-4-10-3-5(8)6(8)7(9)11/h5-6,10H,2-4H2,1H3,(H2,9,11). The molecule has 2 aliphatic rings. The summed E-state index contributed by atoms with van der Waals surface area (Å²) in [5.74, 6) is 0.622. The molecule has 0 aromatic rings. The topological polar surface area (TPSA) is 55.1 Å². The van der Waals surface area contributed by atoms with Crippen LogP contribution in [0, 0.1) is 17.3 Å². The van der Waals surface area contributed by atoms with Crippen LogP contribution >= 0.6 is 0 Å². The highest BCUT2D eigenvalue weighted by Crippen LogP contribution is 2.62. The normalized spacial score (nSPS) is 47.0. The van der Waals surface area contributed by atoms with E-state index >= 15 is 0 Å². The zero-order valence-electron chi connectivity index (χ0n) is 6.76. The fourth-order valence-corrected chi connectivity index (χ4v) is 2.69. The Morgan fingerprint density at radius 1 is 1.82 bits per heavy atom. The van der Waals surface area contributed by atoms with Crippen molar-refractivity contribution < 1.29 is 4.79 Å². The van der Waals surface area contributed by atoms with Gasteiger partial charge < -0.3 is 11.1 Å². The maximum absolute atomic E-state index is 10.9. The molecule has 3 N–H and O–H groups in total. The van der Waals surface area contributed by atoms with Crippen LogP contribution in [-0.4, -0.2) is 19.0 Å². The van der Waals surface area contributed by atoms with Crippen molar-refractivity contribution in [2.75, 3.05) is 13.1 Å². The number of primary amides is 1. The third-order valence-corrected chi connectivity index (χ3v) is 3.43. The van der Waals surface area contributed by atoms with Gasteiger partial charge in [-0.1, -0.05) is 6.92 Å². The van der Waals surface area contributed by atoms with Crippen molar-refractivity contribution in [2.45, 2.75) is 13.3 Å². The summed E-state index contributed by atoms with van der Waals surface area (Å²) < 4.78 is 0. The van der Waals surface area contributed by atoms with E-state index in [1.165, 1.54) is 0 Å². The monoisotopic (exact) mass is 154 g/mol. The van der Waals surface area contributed by atoms with E-state index in [2.05, 4.69) is 12.2 Å². The number of carbonyl (C=O) groups is 1. The number of amides is 1. The predicted octanol–water partition coefficient (Wildman–Crippen LogP) is -0.283. The molecule has 2 fully saturated rings. The second-order valence-electron chi connectivity index (χ2n) is 3.70. The first-order valence-corrected chi connectivity index (χ1v) is 4.22. The summed E-state index contributed by atoms with van der Waals surface area (Å²) in [7, 11) is 0. The van der Waals surface area contributed by atoms with Crippen molar-refractivity contribution in [1.29, 1.82) is 0 Å². The average Bonchev–Trinajstić information content (AvgIpc) is 2.44. The molecule has 62 valence electrons. The number of hydrogen-bond acceptors (Lipinski definition) is 2. The third-order valence-electron chi connectivity index (χ3n) is 3.43. The molecule has 3 nitrogen and oxygen atoms in total. The van der Waals surface area contributed by atoms with Gasteiger partial charge in [0, 0.05) is 12.5 Å². The molecule has 1 amide bonds. The Kier molecular flexibility index (Phi) is 1.27. The highest BCUT2D eigenvalue weighted by molar-refractivity contribution is 5.82. The van der Waals surface area contributed by atoms with Crippen LogP contribution in [0.5, 0.6) is 0 Å². The smallest absolute Gasteiger partial charge is 0.221 e. The molecule has 2 rings (SSSR count). The number of carbonyl (C=O) groups excluding carboxylic acids is 1. The van der Waals surface area contributed by atoms with E-state index in [-0.39, 0.29) is 17.2 Å². The maximum atomic E-state index is 10.9. The predicted molar refractivity (Wildman–Crippen MR) is 41.8 cm³/mol. The summed E-state index contributed by atoms with van der Waals surface area (Å²) >= 11 is 0. The van der Waals surface area contributed by atoms with E-state index in [0.29, 0.717) is 5.92 Å². The molecule has 1 aliphatic heterocycles. The van der Waals surface area contributed by atoms with E-state index < -0.39 is 0 Å². The average molecular weight is 154 g/mol. The summed E-state index contributed by atoms with van der Waals surface area (Å²) in [6.07, 6.45) is 1.08. The van der Waals surface area contributed by atoms with Gasteiger partial charge >= 0.3 is 0 Å². The first-order valence-electron chi connectivity index (χ1n) is 4.22. The lowest BCUT2D eigenvalue weighted by atomic mass is 10.0. The molecule has 1 saturated heterocycles. The number of piperidine rings is 1. The van der Waals surface area contributed by atoms with Crippen molar-refractivity contribution in [3.8, 4) is 0 Å². The van der Waals surface area contributed by atoms with Gasteiger partial charge in [-0.15, -0.1) is 0 Å². The second kappa shape index (κ2) is 1.97. The van der Waals surface area contributed by atoms with Gasteiger partial charge in [0.2, 0.25) is 5.91 Å². The molecule has 0 bridgehead atoms. The zero-order chi connectivity index (χ0) is 8.06. The molecule has 3 heteroatoms. The van der Waals surface area contributed by atoms with Crippen LogP contribution in [0.4, 0.5) is 0 Å². The summed E-state index contributed by atoms with van der Waals surface area (Å²) in [5.41, 5.74) is 5.54. The molecule has 1 aliphatic carbocycles. The second-order valence-corrected chi connectivity index (χ2v) is 3.70. The van der Waals surface area contributed by atoms with E-state index in [1.54, 1.807) is 0 Å². The number of hydrogen-bond donors (Lipinski definition) is 2. The van der Waals surface area contributed by atoms with E-state index in [9.17, 15) is 4.79 Å². The Hall–Kier alpha value is -0.570. The van der Waals surface area contributed by atoms with E-state index in [0.717, 1.165) is 19.5 Å². The van der Waals surface area contributed by atoms with Crippen molar-refractivity contribution >= 4 is 5.91 Å². The summed E-state index contributed by atoms with van der Waals surface area (Å²) in [6, 6.07) is 0. The minimum absolute atomic E-state index is 0.0987. The van der Waals surface area contributed by atoms with Gasteiger partial charge in [-0.3, -0.25) is 4.79 Å².